The fourth-order valence-electron chi connectivity index (χ4n) is 1.63. The smallest absolute Gasteiger partial charge is 0.330 e. The Balaban J connectivity index is 2.84. The second-order valence-electron chi connectivity index (χ2n) is 4.05. The average molecular weight is 251 g/mol. The molecule has 1 unspecified atom stereocenters. The lowest BCUT2D eigenvalue weighted by molar-refractivity contribution is -0.143. The van der Waals surface area contributed by atoms with Crippen molar-refractivity contribution in [3.63, 3.8) is 0 Å². The van der Waals surface area contributed by atoms with E-state index in [1.807, 2.05) is 26.0 Å². The molecule has 0 saturated heterocycles. The third kappa shape index (κ3) is 3.30. The Bertz CT molecular complexity index is 456. The zero-order chi connectivity index (χ0) is 13.7. The number of esters is 1. The first-order valence-electron chi connectivity index (χ1n) is 5.56. The third-order valence-corrected chi connectivity index (χ3v) is 2.60. The molecule has 5 nitrogen and oxygen atoms in total. The first-order chi connectivity index (χ1) is 8.49. The van der Waals surface area contributed by atoms with Crippen LogP contribution in [-0.2, 0) is 9.53 Å². The fraction of sp³-hybridized carbons (Fsp3) is 0.385. The summed E-state index contributed by atoms with van der Waals surface area (Å²) in [5, 5.41) is 11.5. The molecular weight excluding hydrogens is 234 g/mol. The Labute approximate surface area is 106 Å². The van der Waals surface area contributed by atoms with Crippen LogP contribution in [0.25, 0.3) is 0 Å². The molecule has 2 N–H and O–H groups in total. The number of aliphatic hydroxyl groups excluding tert-OH is 1. The van der Waals surface area contributed by atoms with Crippen molar-refractivity contribution in [3.8, 4) is 0 Å². The molecule has 0 radical (unpaired) electrons. The molecule has 5 heteroatoms. The van der Waals surface area contributed by atoms with Crippen molar-refractivity contribution >= 4 is 11.9 Å². The van der Waals surface area contributed by atoms with Gasteiger partial charge in [-0.05, 0) is 25.5 Å². The van der Waals surface area contributed by atoms with Crippen LogP contribution in [0.2, 0.25) is 0 Å². The summed E-state index contributed by atoms with van der Waals surface area (Å²) >= 11 is 0. The van der Waals surface area contributed by atoms with Crippen LogP contribution >= 0.6 is 0 Å². The predicted octanol–water partition coefficient (Wildman–Crippen LogP) is 0.567. The molecule has 0 aliphatic rings. The van der Waals surface area contributed by atoms with Crippen LogP contribution < -0.4 is 5.32 Å². The number of nitrogens with one attached hydrogen (secondary N) is 1. The summed E-state index contributed by atoms with van der Waals surface area (Å²) in [5.74, 6) is -1.08. The van der Waals surface area contributed by atoms with E-state index in [0.29, 0.717) is 5.56 Å². The third-order valence-electron chi connectivity index (χ3n) is 2.60. The van der Waals surface area contributed by atoms with Gasteiger partial charge in [0.1, 0.15) is 0 Å². The van der Waals surface area contributed by atoms with Gasteiger partial charge in [0.15, 0.2) is 6.04 Å². The number of amides is 1. The first kappa shape index (κ1) is 14.2. The van der Waals surface area contributed by atoms with Crippen molar-refractivity contribution in [1.82, 2.24) is 5.32 Å². The van der Waals surface area contributed by atoms with Gasteiger partial charge in [-0.3, -0.25) is 4.79 Å². The van der Waals surface area contributed by atoms with Crippen molar-refractivity contribution in [2.24, 2.45) is 0 Å². The second-order valence-corrected chi connectivity index (χ2v) is 4.05. The van der Waals surface area contributed by atoms with Crippen LogP contribution in [0, 0.1) is 13.8 Å². The van der Waals surface area contributed by atoms with Crippen LogP contribution in [0.5, 0.6) is 0 Å². The summed E-state index contributed by atoms with van der Waals surface area (Å²) in [4.78, 5) is 23.2. The van der Waals surface area contributed by atoms with Crippen LogP contribution in [0.1, 0.15) is 21.5 Å². The molecule has 0 aliphatic carbocycles. The Kier molecular flexibility index (Phi) is 4.85. The minimum atomic E-state index is -1.04. The van der Waals surface area contributed by atoms with Crippen molar-refractivity contribution < 1.29 is 19.4 Å². The largest absolute Gasteiger partial charge is 0.467 e. The van der Waals surface area contributed by atoms with Gasteiger partial charge in [-0.2, -0.15) is 0 Å². The SMILES string of the molecule is COC(=O)C(CO)NC(=O)c1ccc(C)cc1C. The number of methoxy groups -OCH3 is 1. The molecule has 0 heterocycles. The van der Waals surface area contributed by atoms with Crippen LogP contribution in [0.3, 0.4) is 0 Å². The molecule has 1 amide bonds. The maximum atomic E-state index is 11.9. The fourth-order valence-corrected chi connectivity index (χ4v) is 1.63. The molecule has 1 rings (SSSR count). The predicted molar refractivity (Wildman–Crippen MR) is 66.3 cm³/mol. The minimum Gasteiger partial charge on any atom is -0.467 e. The van der Waals surface area contributed by atoms with E-state index in [9.17, 15) is 9.59 Å². The molecule has 0 spiro atoms. The monoisotopic (exact) mass is 251 g/mol. The highest BCUT2D eigenvalue weighted by molar-refractivity contribution is 5.98. The lowest BCUT2D eigenvalue weighted by atomic mass is 10.0. The highest BCUT2D eigenvalue weighted by atomic mass is 16.5. The highest BCUT2D eigenvalue weighted by Gasteiger charge is 2.21. The van der Waals surface area contributed by atoms with E-state index in [0.717, 1.165) is 11.1 Å². The number of carbonyl (C=O) groups is 2. The molecular formula is C13H17NO4. The van der Waals surface area contributed by atoms with E-state index in [4.69, 9.17) is 5.11 Å². The van der Waals surface area contributed by atoms with Gasteiger partial charge in [-0.15, -0.1) is 0 Å². The molecule has 98 valence electrons. The summed E-state index contributed by atoms with van der Waals surface area (Å²) in [6.45, 7) is 3.25. The van der Waals surface area contributed by atoms with Gasteiger partial charge < -0.3 is 15.2 Å². The Hall–Kier alpha value is -1.88. The van der Waals surface area contributed by atoms with Gasteiger partial charge in [0.2, 0.25) is 0 Å². The molecule has 18 heavy (non-hydrogen) atoms. The van der Waals surface area contributed by atoms with Gasteiger partial charge in [0.05, 0.1) is 13.7 Å². The number of hydrogen-bond donors (Lipinski definition) is 2. The van der Waals surface area contributed by atoms with Crippen molar-refractivity contribution in [1.29, 1.82) is 0 Å². The summed E-state index contributed by atoms with van der Waals surface area (Å²) < 4.78 is 4.48. The Morgan fingerprint density at radius 3 is 2.56 bits per heavy atom. The van der Waals surface area contributed by atoms with Gasteiger partial charge in [-0.1, -0.05) is 17.7 Å². The highest BCUT2D eigenvalue weighted by Crippen LogP contribution is 2.10. The molecule has 0 saturated carbocycles. The number of aryl methyl sites for hydroxylation is 2. The first-order valence-corrected chi connectivity index (χ1v) is 5.56. The summed E-state index contributed by atoms with van der Waals surface area (Å²) in [7, 11) is 1.20. The zero-order valence-electron chi connectivity index (χ0n) is 10.7. The van der Waals surface area contributed by atoms with Crippen LogP contribution in [0.4, 0.5) is 0 Å². The van der Waals surface area contributed by atoms with Crippen molar-refractivity contribution in [3.05, 3.63) is 34.9 Å². The Morgan fingerprint density at radius 1 is 1.39 bits per heavy atom. The molecule has 0 aromatic heterocycles. The van der Waals surface area contributed by atoms with Gasteiger partial charge in [0, 0.05) is 5.56 Å². The van der Waals surface area contributed by atoms with Gasteiger partial charge in [-0.25, -0.2) is 4.79 Å². The quantitative estimate of drug-likeness (QED) is 0.767. The van der Waals surface area contributed by atoms with E-state index >= 15 is 0 Å². The number of ether oxygens (including phenoxy) is 1. The average Bonchev–Trinajstić information content (AvgIpc) is 2.34. The van der Waals surface area contributed by atoms with Crippen LogP contribution in [-0.4, -0.2) is 36.7 Å². The minimum absolute atomic E-state index is 0.406. The van der Waals surface area contributed by atoms with Gasteiger partial charge in [0.25, 0.3) is 5.91 Å². The summed E-state index contributed by atoms with van der Waals surface area (Å²) in [5.41, 5.74) is 2.34. The maximum absolute atomic E-state index is 11.9. The molecule has 0 aliphatic heterocycles. The molecule has 1 aromatic rings. The number of hydrogen-bond acceptors (Lipinski definition) is 4. The van der Waals surface area contributed by atoms with Crippen LogP contribution in [0.15, 0.2) is 18.2 Å². The normalized spacial score (nSPS) is 11.8. The Morgan fingerprint density at radius 2 is 2.06 bits per heavy atom. The zero-order valence-corrected chi connectivity index (χ0v) is 10.7. The van der Waals surface area contributed by atoms with E-state index in [1.165, 1.54) is 7.11 Å². The van der Waals surface area contributed by atoms with Gasteiger partial charge >= 0.3 is 5.97 Å². The molecule has 0 bridgehead atoms. The van der Waals surface area contributed by atoms with E-state index in [2.05, 4.69) is 10.1 Å². The molecule has 1 atom stereocenters. The number of aliphatic hydroxyl groups is 1. The van der Waals surface area contributed by atoms with Crippen molar-refractivity contribution in [2.75, 3.05) is 13.7 Å². The number of benzene rings is 1. The number of rotatable bonds is 4. The summed E-state index contributed by atoms with van der Waals surface area (Å²) in [6.07, 6.45) is 0. The molecule has 0 fully saturated rings. The van der Waals surface area contributed by atoms with E-state index in [1.54, 1.807) is 6.07 Å². The number of carbonyl (C=O) groups excluding carboxylic acids is 2. The van der Waals surface area contributed by atoms with E-state index in [-0.39, 0.29) is 0 Å². The topological polar surface area (TPSA) is 75.6 Å². The standard InChI is InChI=1S/C13H17NO4/c1-8-4-5-10(9(2)6-8)12(16)14-11(7-15)13(17)18-3/h4-6,11,15H,7H2,1-3H3,(H,14,16). The lowest BCUT2D eigenvalue weighted by Gasteiger charge is -2.14. The molecule has 1 aromatic carbocycles. The van der Waals surface area contributed by atoms with Crippen molar-refractivity contribution in [2.45, 2.75) is 19.9 Å². The summed E-state index contributed by atoms with van der Waals surface area (Å²) in [6, 6.07) is 4.34. The van der Waals surface area contributed by atoms with E-state index < -0.39 is 24.5 Å². The second kappa shape index (κ2) is 6.16. The lowest BCUT2D eigenvalue weighted by Crippen LogP contribution is -2.44. The maximum Gasteiger partial charge on any atom is 0.330 e.